The summed E-state index contributed by atoms with van der Waals surface area (Å²) >= 11 is 0. The molecule has 0 heterocycles. The first-order valence-corrected chi connectivity index (χ1v) is 3.36. The molecule has 0 saturated carbocycles. The number of rotatable bonds is 2. The average Bonchev–Trinajstić information content (AvgIpc) is 1.99. The van der Waals surface area contributed by atoms with Gasteiger partial charge in [-0.25, -0.2) is 13.2 Å². The van der Waals surface area contributed by atoms with Gasteiger partial charge in [-0.1, -0.05) is 0 Å². The molecule has 0 bridgehead atoms. The standard InChI is InChI=1S/C8H5F3O2/c9-5-3-7(11)6(10)1-4(5)2-8(12)13/h1,3H,2H2,(H,12,13). The van der Waals surface area contributed by atoms with Gasteiger partial charge in [-0.3, -0.25) is 4.79 Å². The number of hydrogen-bond acceptors (Lipinski definition) is 1. The summed E-state index contributed by atoms with van der Waals surface area (Å²) in [6.07, 6.45) is -0.664. The number of hydrogen-bond donors (Lipinski definition) is 1. The van der Waals surface area contributed by atoms with Crippen LogP contribution in [0, 0.1) is 17.5 Å². The monoisotopic (exact) mass is 190 g/mol. The Balaban J connectivity index is 3.08. The van der Waals surface area contributed by atoms with Crippen LogP contribution in [0.5, 0.6) is 0 Å². The summed E-state index contributed by atoms with van der Waals surface area (Å²) < 4.78 is 37.5. The molecule has 13 heavy (non-hydrogen) atoms. The minimum absolute atomic E-state index is 0.327. The van der Waals surface area contributed by atoms with E-state index in [1.54, 1.807) is 0 Å². The number of carboxylic acids is 1. The Morgan fingerprint density at radius 2 is 1.69 bits per heavy atom. The highest BCUT2D eigenvalue weighted by Crippen LogP contribution is 2.13. The first-order chi connectivity index (χ1) is 6.00. The Labute approximate surface area is 71.6 Å². The van der Waals surface area contributed by atoms with Crippen LogP contribution in [0.3, 0.4) is 0 Å². The number of benzene rings is 1. The molecule has 1 aromatic rings. The van der Waals surface area contributed by atoms with E-state index in [0.717, 1.165) is 0 Å². The first kappa shape index (κ1) is 9.57. The number of carbonyl (C=O) groups is 1. The Morgan fingerprint density at radius 3 is 2.23 bits per heavy atom. The van der Waals surface area contributed by atoms with Crippen molar-refractivity contribution in [1.29, 1.82) is 0 Å². The van der Waals surface area contributed by atoms with Gasteiger partial charge in [0.05, 0.1) is 6.42 Å². The molecule has 1 N–H and O–H groups in total. The van der Waals surface area contributed by atoms with Gasteiger partial charge in [0.2, 0.25) is 0 Å². The van der Waals surface area contributed by atoms with Gasteiger partial charge < -0.3 is 5.11 Å². The molecule has 0 amide bonds. The van der Waals surface area contributed by atoms with Gasteiger partial charge in [0.1, 0.15) is 5.82 Å². The van der Waals surface area contributed by atoms with Gasteiger partial charge in [0.25, 0.3) is 0 Å². The van der Waals surface area contributed by atoms with Crippen LogP contribution in [0.1, 0.15) is 5.56 Å². The summed E-state index contributed by atoms with van der Waals surface area (Å²) in [5.41, 5.74) is -0.369. The molecular formula is C8H5F3O2. The van der Waals surface area contributed by atoms with Crippen molar-refractivity contribution in [3.8, 4) is 0 Å². The van der Waals surface area contributed by atoms with Crippen LogP contribution in [0.4, 0.5) is 13.2 Å². The van der Waals surface area contributed by atoms with E-state index in [1.165, 1.54) is 0 Å². The van der Waals surface area contributed by atoms with E-state index in [0.29, 0.717) is 12.1 Å². The van der Waals surface area contributed by atoms with E-state index >= 15 is 0 Å². The summed E-state index contributed by atoms with van der Waals surface area (Å²) in [4.78, 5) is 10.1. The second kappa shape index (κ2) is 3.47. The fraction of sp³-hybridized carbons (Fsp3) is 0.125. The fourth-order valence-corrected chi connectivity index (χ4v) is 0.862. The van der Waals surface area contributed by atoms with Crippen LogP contribution in [-0.2, 0) is 11.2 Å². The van der Waals surface area contributed by atoms with E-state index in [4.69, 9.17) is 5.11 Å². The molecule has 0 unspecified atom stereocenters. The molecule has 1 rings (SSSR count). The van der Waals surface area contributed by atoms with Gasteiger partial charge in [0.15, 0.2) is 11.6 Å². The highest BCUT2D eigenvalue weighted by atomic mass is 19.2. The molecule has 0 atom stereocenters. The Kier molecular flexibility index (Phi) is 2.55. The summed E-state index contributed by atoms with van der Waals surface area (Å²) in [6, 6.07) is 0.867. The zero-order chi connectivity index (χ0) is 10.0. The maximum Gasteiger partial charge on any atom is 0.307 e. The predicted molar refractivity (Wildman–Crippen MR) is 37.7 cm³/mol. The summed E-state index contributed by atoms with van der Waals surface area (Å²) in [5, 5.41) is 8.27. The molecule has 0 aliphatic heterocycles. The normalized spacial score (nSPS) is 10.1. The van der Waals surface area contributed by atoms with Crippen LogP contribution in [0.25, 0.3) is 0 Å². The van der Waals surface area contributed by atoms with Crippen LogP contribution in [-0.4, -0.2) is 11.1 Å². The van der Waals surface area contributed by atoms with Gasteiger partial charge in [-0.15, -0.1) is 0 Å². The molecule has 1 aromatic carbocycles. The molecule has 2 nitrogen and oxygen atoms in total. The van der Waals surface area contributed by atoms with Crippen molar-refractivity contribution in [3.05, 3.63) is 35.1 Å². The average molecular weight is 190 g/mol. The third-order valence-corrected chi connectivity index (χ3v) is 1.43. The van der Waals surface area contributed by atoms with Gasteiger partial charge in [-0.2, -0.15) is 0 Å². The van der Waals surface area contributed by atoms with Crippen LogP contribution >= 0.6 is 0 Å². The highest BCUT2D eigenvalue weighted by Gasteiger charge is 2.11. The van der Waals surface area contributed by atoms with Gasteiger partial charge in [0, 0.05) is 11.6 Å². The molecule has 0 radical (unpaired) electrons. The minimum Gasteiger partial charge on any atom is -0.481 e. The summed E-state index contributed by atoms with van der Waals surface area (Å²) in [7, 11) is 0. The molecule has 0 aliphatic carbocycles. The zero-order valence-electron chi connectivity index (χ0n) is 6.35. The van der Waals surface area contributed by atoms with E-state index in [9.17, 15) is 18.0 Å². The second-order valence-corrected chi connectivity index (χ2v) is 2.43. The quantitative estimate of drug-likeness (QED) is 0.721. The zero-order valence-corrected chi connectivity index (χ0v) is 6.35. The first-order valence-electron chi connectivity index (χ1n) is 3.36. The van der Waals surface area contributed by atoms with Crippen molar-refractivity contribution >= 4 is 5.97 Å². The van der Waals surface area contributed by atoms with Crippen molar-refractivity contribution in [3.63, 3.8) is 0 Å². The number of carboxylic acid groups (broad SMARTS) is 1. The van der Waals surface area contributed by atoms with E-state index in [2.05, 4.69) is 0 Å². The molecule has 0 fully saturated rings. The lowest BCUT2D eigenvalue weighted by Gasteiger charge is -2.00. The maximum atomic E-state index is 12.7. The number of halogens is 3. The largest absolute Gasteiger partial charge is 0.481 e. The Hall–Kier alpha value is -1.52. The lowest BCUT2D eigenvalue weighted by atomic mass is 10.1. The van der Waals surface area contributed by atoms with Crippen molar-refractivity contribution in [1.82, 2.24) is 0 Å². The summed E-state index contributed by atoms with van der Waals surface area (Å²) in [5.74, 6) is -4.93. The fourth-order valence-electron chi connectivity index (χ4n) is 0.862. The highest BCUT2D eigenvalue weighted by molar-refractivity contribution is 5.70. The van der Waals surface area contributed by atoms with E-state index in [-0.39, 0.29) is 5.56 Å². The van der Waals surface area contributed by atoms with Gasteiger partial charge >= 0.3 is 5.97 Å². The third kappa shape index (κ3) is 2.21. The van der Waals surface area contributed by atoms with Crippen LogP contribution < -0.4 is 0 Å². The Bertz CT molecular complexity index is 349. The van der Waals surface area contributed by atoms with Crippen molar-refractivity contribution < 1.29 is 23.1 Å². The number of aliphatic carboxylic acids is 1. The molecule has 0 spiro atoms. The van der Waals surface area contributed by atoms with E-state index in [1.807, 2.05) is 0 Å². The van der Waals surface area contributed by atoms with E-state index < -0.39 is 29.8 Å². The molecule has 5 heteroatoms. The molecule has 0 saturated heterocycles. The SMILES string of the molecule is O=C(O)Cc1cc(F)c(F)cc1F. The Morgan fingerprint density at radius 1 is 1.15 bits per heavy atom. The second-order valence-electron chi connectivity index (χ2n) is 2.43. The topological polar surface area (TPSA) is 37.3 Å². The molecule has 0 aromatic heterocycles. The van der Waals surface area contributed by atoms with Crippen molar-refractivity contribution in [2.24, 2.45) is 0 Å². The third-order valence-electron chi connectivity index (χ3n) is 1.43. The minimum atomic E-state index is -1.33. The smallest absolute Gasteiger partial charge is 0.307 e. The lowest BCUT2D eigenvalue weighted by molar-refractivity contribution is -0.136. The van der Waals surface area contributed by atoms with Crippen LogP contribution in [0.2, 0.25) is 0 Å². The summed E-state index contributed by atoms with van der Waals surface area (Å²) in [6.45, 7) is 0. The maximum absolute atomic E-state index is 12.7. The van der Waals surface area contributed by atoms with Crippen LogP contribution in [0.15, 0.2) is 12.1 Å². The lowest BCUT2D eigenvalue weighted by Crippen LogP contribution is -2.04. The molecular weight excluding hydrogens is 185 g/mol. The van der Waals surface area contributed by atoms with Crippen molar-refractivity contribution in [2.75, 3.05) is 0 Å². The van der Waals surface area contributed by atoms with Crippen molar-refractivity contribution in [2.45, 2.75) is 6.42 Å². The molecule has 0 aliphatic rings. The molecule has 70 valence electrons. The predicted octanol–water partition coefficient (Wildman–Crippen LogP) is 1.73. The van der Waals surface area contributed by atoms with Gasteiger partial charge in [-0.05, 0) is 6.07 Å².